The number of carbonyl (C=O) groups is 1. The van der Waals surface area contributed by atoms with Gasteiger partial charge in [0.2, 0.25) is 0 Å². The Morgan fingerprint density at radius 2 is 2.05 bits per heavy atom. The van der Waals surface area contributed by atoms with Crippen LogP contribution in [0.4, 0.5) is 0 Å². The van der Waals surface area contributed by atoms with Crippen molar-refractivity contribution in [3.8, 4) is 5.75 Å². The molecule has 1 aliphatic rings. The molecule has 2 N–H and O–H groups in total. The van der Waals surface area contributed by atoms with Crippen molar-refractivity contribution in [3.05, 3.63) is 29.3 Å². The topological polar surface area (TPSA) is 52.0 Å². The van der Waals surface area contributed by atoms with Gasteiger partial charge in [-0.2, -0.15) is 0 Å². The van der Waals surface area contributed by atoms with Crippen molar-refractivity contribution >= 4 is 17.5 Å². The van der Waals surface area contributed by atoms with E-state index in [0.717, 1.165) is 32.8 Å². The van der Waals surface area contributed by atoms with E-state index in [1.807, 2.05) is 6.92 Å². The van der Waals surface area contributed by atoms with Crippen LogP contribution in [0.15, 0.2) is 24.3 Å². The van der Waals surface area contributed by atoms with Gasteiger partial charge in [-0.1, -0.05) is 18.5 Å². The van der Waals surface area contributed by atoms with Crippen LogP contribution in [-0.4, -0.2) is 51.4 Å². The summed E-state index contributed by atoms with van der Waals surface area (Å²) in [6, 6.07) is 7.05. The summed E-state index contributed by atoms with van der Waals surface area (Å²) in [6.07, 6.45) is 0.152. The van der Waals surface area contributed by atoms with Gasteiger partial charge in [0.15, 0.2) is 6.10 Å². The molecule has 0 radical (unpaired) electrons. The predicted molar refractivity (Wildman–Crippen MR) is 85.6 cm³/mol. The Bertz CT molecular complexity index is 461. The molecule has 1 aromatic rings. The van der Waals surface area contributed by atoms with Crippen molar-refractivity contribution in [3.63, 3.8) is 0 Å². The highest BCUT2D eigenvalue weighted by atomic mass is 35.5. The molecule has 1 saturated heterocycles. The number of hydrogen-bond acceptors (Lipinski definition) is 3. The van der Waals surface area contributed by atoms with E-state index in [1.165, 1.54) is 4.90 Å². The van der Waals surface area contributed by atoms with Crippen LogP contribution < -0.4 is 15.0 Å². The number of halogens is 1. The van der Waals surface area contributed by atoms with E-state index in [9.17, 15) is 4.79 Å². The van der Waals surface area contributed by atoms with Gasteiger partial charge in [-0.25, -0.2) is 0 Å². The third-order valence-corrected chi connectivity index (χ3v) is 3.98. The Morgan fingerprint density at radius 3 is 2.68 bits per heavy atom. The van der Waals surface area contributed by atoms with Crippen LogP contribution in [0.5, 0.6) is 5.75 Å². The lowest BCUT2D eigenvalue weighted by molar-refractivity contribution is -0.906. The number of quaternary nitrogens is 1. The van der Waals surface area contributed by atoms with E-state index >= 15 is 0 Å². The third-order valence-electron chi connectivity index (χ3n) is 3.73. The Kier molecular flexibility index (Phi) is 6.96. The summed E-state index contributed by atoms with van der Waals surface area (Å²) in [5.74, 6) is 0.593. The Morgan fingerprint density at radius 1 is 1.36 bits per heavy atom. The lowest BCUT2D eigenvalue weighted by Crippen LogP contribution is -3.14. The number of benzene rings is 1. The molecule has 1 atom stereocenters. The largest absolute Gasteiger partial charge is 0.481 e. The van der Waals surface area contributed by atoms with E-state index in [0.29, 0.717) is 23.7 Å². The van der Waals surface area contributed by atoms with E-state index in [-0.39, 0.29) is 5.91 Å². The quantitative estimate of drug-likeness (QED) is 0.768. The standard InChI is InChI=1S/C16H23ClN2O3/c1-2-15(22-14-5-3-13(17)4-6-14)16(20)18-7-8-19-9-11-21-12-10-19/h3-6,15H,2,7-12H2,1H3,(H,18,20)/p+1/t15-/m1/s1. The molecule has 122 valence electrons. The molecule has 6 heteroatoms. The first-order chi connectivity index (χ1) is 10.7. The maximum Gasteiger partial charge on any atom is 0.261 e. The van der Waals surface area contributed by atoms with Gasteiger partial charge in [-0.15, -0.1) is 0 Å². The predicted octanol–water partition coefficient (Wildman–Crippen LogP) is 0.529. The first kappa shape index (κ1) is 17.1. The number of carbonyl (C=O) groups excluding carboxylic acids is 1. The molecular weight excluding hydrogens is 304 g/mol. The fraction of sp³-hybridized carbons (Fsp3) is 0.562. The van der Waals surface area contributed by atoms with Gasteiger partial charge in [0.25, 0.3) is 5.91 Å². The fourth-order valence-electron chi connectivity index (χ4n) is 2.39. The maximum absolute atomic E-state index is 12.2. The molecule has 0 saturated carbocycles. The minimum atomic E-state index is -0.471. The van der Waals surface area contributed by atoms with Crippen molar-refractivity contribution < 1.29 is 19.2 Å². The van der Waals surface area contributed by atoms with E-state index in [2.05, 4.69) is 5.32 Å². The number of nitrogens with one attached hydrogen (secondary N) is 2. The minimum Gasteiger partial charge on any atom is -0.481 e. The fourth-order valence-corrected chi connectivity index (χ4v) is 2.51. The highest BCUT2D eigenvalue weighted by Gasteiger charge is 2.19. The van der Waals surface area contributed by atoms with Crippen LogP contribution >= 0.6 is 11.6 Å². The monoisotopic (exact) mass is 327 g/mol. The van der Waals surface area contributed by atoms with Crippen LogP contribution in [-0.2, 0) is 9.53 Å². The summed E-state index contributed by atoms with van der Waals surface area (Å²) >= 11 is 5.84. The summed E-state index contributed by atoms with van der Waals surface area (Å²) in [7, 11) is 0. The summed E-state index contributed by atoms with van der Waals surface area (Å²) in [6.45, 7) is 7.15. The SMILES string of the molecule is CC[C@@H](Oc1ccc(Cl)cc1)C(=O)NCC[NH+]1CCOCC1. The van der Waals surface area contributed by atoms with E-state index in [1.54, 1.807) is 24.3 Å². The molecule has 5 nitrogen and oxygen atoms in total. The molecule has 0 aromatic heterocycles. The van der Waals surface area contributed by atoms with Gasteiger partial charge in [0.05, 0.1) is 26.3 Å². The van der Waals surface area contributed by atoms with Gasteiger partial charge in [-0.3, -0.25) is 4.79 Å². The summed E-state index contributed by atoms with van der Waals surface area (Å²) in [5.41, 5.74) is 0. The summed E-state index contributed by atoms with van der Waals surface area (Å²) in [5, 5.41) is 3.61. The van der Waals surface area contributed by atoms with Gasteiger partial charge < -0.3 is 19.7 Å². The molecule has 1 fully saturated rings. The second-order valence-corrected chi connectivity index (χ2v) is 5.81. The summed E-state index contributed by atoms with van der Waals surface area (Å²) in [4.78, 5) is 13.7. The zero-order valence-electron chi connectivity index (χ0n) is 12.9. The van der Waals surface area contributed by atoms with Crippen LogP contribution in [0.3, 0.4) is 0 Å². The first-order valence-electron chi connectivity index (χ1n) is 7.80. The zero-order chi connectivity index (χ0) is 15.8. The van der Waals surface area contributed by atoms with Crippen LogP contribution in [0.25, 0.3) is 0 Å². The van der Waals surface area contributed by atoms with Crippen molar-refractivity contribution in [2.45, 2.75) is 19.4 Å². The number of morpholine rings is 1. The lowest BCUT2D eigenvalue weighted by Gasteiger charge is -2.24. The molecule has 0 bridgehead atoms. The molecule has 1 aliphatic heterocycles. The number of amides is 1. The zero-order valence-corrected chi connectivity index (χ0v) is 13.7. The van der Waals surface area contributed by atoms with Crippen molar-refractivity contribution in [2.75, 3.05) is 39.4 Å². The highest BCUT2D eigenvalue weighted by Crippen LogP contribution is 2.17. The van der Waals surface area contributed by atoms with Gasteiger partial charge in [0.1, 0.15) is 18.8 Å². The average Bonchev–Trinajstić information content (AvgIpc) is 2.55. The number of rotatable bonds is 7. The molecule has 0 aliphatic carbocycles. The second-order valence-electron chi connectivity index (χ2n) is 5.37. The molecule has 1 aromatic carbocycles. The molecular formula is C16H24ClN2O3+. The molecule has 22 heavy (non-hydrogen) atoms. The molecule has 1 heterocycles. The Labute approximate surface area is 136 Å². The summed E-state index contributed by atoms with van der Waals surface area (Å²) < 4.78 is 11.0. The van der Waals surface area contributed by atoms with Gasteiger partial charge in [0, 0.05) is 5.02 Å². The lowest BCUT2D eigenvalue weighted by atomic mass is 10.2. The minimum absolute atomic E-state index is 0.0647. The number of hydrogen-bond donors (Lipinski definition) is 2. The van der Waals surface area contributed by atoms with Crippen molar-refractivity contribution in [1.29, 1.82) is 0 Å². The Hall–Kier alpha value is -1.30. The van der Waals surface area contributed by atoms with Gasteiger partial charge >= 0.3 is 0 Å². The van der Waals surface area contributed by atoms with Crippen LogP contribution in [0, 0.1) is 0 Å². The average molecular weight is 328 g/mol. The van der Waals surface area contributed by atoms with Crippen LogP contribution in [0.1, 0.15) is 13.3 Å². The van der Waals surface area contributed by atoms with Crippen LogP contribution in [0.2, 0.25) is 5.02 Å². The van der Waals surface area contributed by atoms with Crippen molar-refractivity contribution in [1.82, 2.24) is 5.32 Å². The molecule has 0 unspecified atom stereocenters. The van der Waals surface area contributed by atoms with E-state index in [4.69, 9.17) is 21.1 Å². The van der Waals surface area contributed by atoms with Gasteiger partial charge in [-0.05, 0) is 30.7 Å². The van der Waals surface area contributed by atoms with E-state index < -0.39 is 6.10 Å². The smallest absolute Gasteiger partial charge is 0.261 e. The second kappa shape index (κ2) is 8.98. The highest BCUT2D eigenvalue weighted by molar-refractivity contribution is 6.30. The third kappa shape index (κ3) is 5.48. The normalized spacial score (nSPS) is 17.0. The molecule has 0 spiro atoms. The number of ether oxygens (including phenoxy) is 2. The molecule has 2 rings (SSSR count). The first-order valence-corrected chi connectivity index (χ1v) is 8.18. The van der Waals surface area contributed by atoms with Crippen molar-refractivity contribution in [2.24, 2.45) is 0 Å². The molecule has 1 amide bonds. The maximum atomic E-state index is 12.2. The Balaban J connectivity index is 1.74.